The molecule has 0 fully saturated rings. The quantitative estimate of drug-likeness (QED) is 0.538. The smallest absolute Gasteiger partial charge is 0.230 e. The predicted octanol–water partition coefficient (Wildman–Crippen LogP) is 3.39. The van der Waals surface area contributed by atoms with Crippen LogP contribution in [0.5, 0.6) is 5.75 Å². The summed E-state index contributed by atoms with van der Waals surface area (Å²) < 4.78 is 7.15. The van der Waals surface area contributed by atoms with Crippen LogP contribution in [0.25, 0.3) is 11.4 Å². The van der Waals surface area contributed by atoms with Gasteiger partial charge in [-0.1, -0.05) is 31.7 Å². The highest BCUT2D eigenvalue weighted by Crippen LogP contribution is 2.25. The number of methoxy groups -OCH3 is 1. The first kappa shape index (κ1) is 20.0. The Labute approximate surface area is 159 Å². The highest BCUT2D eigenvalue weighted by atomic mass is 32.2. The molecular formula is C19H26N4O2S. The van der Waals surface area contributed by atoms with Crippen molar-refractivity contribution < 1.29 is 9.53 Å². The lowest BCUT2D eigenvalue weighted by molar-refractivity contribution is -0.119. The molecule has 0 aliphatic carbocycles. The van der Waals surface area contributed by atoms with E-state index in [1.54, 1.807) is 13.2 Å². The molecule has 1 aromatic heterocycles. The Morgan fingerprint density at radius 1 is 1.31 bits per heavy atom. The third kappa shape index (κ3) is 5.11. The average Bonchev–Trinajstić information content (AvgIpc) is 3.03. The van der Waals surface area contributed by atoms with Gasteiger partial charge in [0, 0.05) is 18.2 Å². The number of ether oxygens (including phenoxy) is 1. The Morgan fingerprint density at radius 3 is 2.58 bits per heavy atom. The number of carbonyl (C=O) groups excluding carboxylic acids is 1. The molecule has 1 unspecified atom stereocenters. The number of allylic oxidation sites excluding steroid dienone is 1. The van der Waals surface area contributed by atoms with Gasteiger partial charge < -0.3 is 10.1 Å². The lowest BCUT2D eigenvalue weighted by atomic mass is 10.1. The first-order valence-corrected chi connectivity index (χ1v) is 9.55. The summed E-state index contributed by atoms with van der Waals surface area (Å²) in [6, 6.07) is 7.79. The van der Waals surface area contributed by atoms with Crippen LogP contribution in [-0.4, -0.2) is 39.6 Å². The van der Waals surface area contributed by atoms with Crippen molar-refractivity contribution in [2.75, 3.05) is 12.9 Å². The molecule has 140 valence electrons. The number of benzene rings is 1. The van der Waals surface area contributed by atoms with Crippen molar-refractivity contribution >= 4 is 17.7 Å². The molecule has 0 spiro atoms. The topological polar surface area (TPSA) is 69.0 Å². The molecule has 0 aliphatic heterocycles. The van der Waals surface area contributed by atoms with Crippen molar-refractivity contribution in [2.24, 2.45) is 5.92 Å². The fourth-order valence-corrected chi connectivity index (χ4v) is 2.99. The van der Waals surface area contributed by atoms with Gasteiger partial charge in [0.15, 0.2) is 11.0 Å². The van der Waals surface area contributed by atoms with Gasteiger partial charge in [-0.25, -0.2) is 0 Å². The lowest BCUT2D eigenvalue weighted by Gasteiger charge is -2.17. The minimum atomic E-state index is -0.00431. The molecule has 7 heteroatoms. The zero-order chi connectivity index (χ0) is 19.1. The van der Waals surface area contributed by atoms with E-state index in [9.17, 15) is 4.79 Å². The summed E-state index contributed by atoms with van der Waals surface area (Å²) in [6.07, 6.45) is 1.79. The Hall–Kier alpha value is -2.28. The first-order valence-electron chi connectivity index (χ1n) is 8.57. The summed E-state index contributed by atoms with van der Waals surface area (Å²) >= 11 is 1.38. The molecule has 0 saturated heterocycles. The molecule has 0 radical (unpaired) electrons. The second kappa shape index (κ2) is 9.43. The largest absolute Gasteiger partial charge is 0.497 e. The Bertz CT molecular complexity index is 740. The molecule has 6 nitrogen and oxygen atoms in total. The van der Waals surface area contributed by atoms with E-state index in [4.69, 9.17) is 4.74 Å². The molecule has 0 bridgehead atoms. The van der Waals surface area contributed by atoms with E-state index in [-0.39, 0.29) is 11.9 Å². The summed E-state index contributed by atoms with van der Waals surface area (Å²) in [5.41, 5.74) is 0.935. The maximum absolute atomic E-state index is 12.1. The van der Waals surface area contributed by atoms with E-state index in [0.717, 1.165) is 17.1 Å². The van der Waals surface area contributed by atoms with Crippen LogP contribution in [0.1, 0.15) is 20.8 Å². The van der Waals surface area contributed by atoms with Crippen molar-refractivity contribution in [2.45, 2.75) is 38.5 Å². The third-order valence-electron chi connectivity index (χ3n) is 4.10. The van der Waals surface area contributed by atoms with Crippen LogP contribution >= 0.6 is 11.8 Å². The van der Waals surface area contributed by atoms with Crippen LogP contribution < -0.4 is 10.1 Å². The van der Waals surface area contributed by atoms with Crippen molar-refractivity contribution in [3.8, 4) is 17.1 Å². The highest BCUT2D eigenvalue weighted by molar-refractivity contribution is 7.99. The molecule has 1 amide bonds. The van der Waals surface area contributed by atoms with Gasteiger partial charge in [-0.2, -0.15) is 0 Å². The number of rotatable bonds is 9. The average molecular weight is 375 g/mol. The zero-order valence-corrected chi connectivity index (χ0v) is 16.5. The van der Waals surface area contributed by atoms with Crippen molar-refractivity contribution in [3.05, 3.63) is 36.9 Å². The standard InChI is InChI=1S/C19H26N4O2S/c1-6-11-23-18(15-7-9-16(25-5)10-8-15)21-22-19(23)26-12-17(24)20-14(4)13(2)3/h6-10,13-14H,1,11-12H2,2-5H3,(H,20,24). The first-order chi connectivity index (χ1) is 12.5. The van der Waals surface area contributed by atoms with E-state index in [2.05, 4.69) is 35.9 Å². The number of thioether (sulfide) groups is 1. The van der Waals surface area contributed by atoms with Crippen LogP contribution in [0, 0.1) is 5.92 Å². The lowest BCUT2D eigenvalue weighted by Crippen LogP contribution is -2.37. The molecular weight excluding hydrogens is 348 g/mol. The number of hydrogen-bond donors (Lipinski definition) is 1. The Morgan fingerprint density at radius 2 is 2.00 bits per heavy atom. The molecule has 1 aromatic carbocycles. The molecule has 1 atom stereocenters. The molecule has 2 aromatic rings. The SMILES string of the molecule is C=CCn1c(SCC(=O)NC(C)C(C)C)nnc1-c1ccc(OC)cc1. The van der Waals surface area contributed by atoms with Gasteiger partial charge in [0.1, 0.15) is 5.75 Å². The summed E-state index contributed by atoms with van der Waals surface area (Å²) in [5.74, 6) is 2.22. The molecule has 1 N–H and O–H groups in total. The summed E-state index contributed by atoms with van der Waals surface area (Å²) in [6.45, 7) is 10.6. The van der Waals surface area contributed by atoms with Crippen molar-refractivity contribution in [1.82, 2.24) is 20.1 Å². The molecule has 0 aliphatic rings. The van der Waals surface area contributed by atoms with E-state index in [0.29, 0.717) is 23.4 Å². The molecule has 1 heterocycles. The van der Waals surface area contributed by atoms with Crippen molar-refractivity contribution in [3.63, 3.8) is 0 Å². The van der Waals surface area contributed by atoms with Gasteiger partial charge in [-0.05, 0) is 37.1 Å². The van der Waals surface area contributed by atoms with E-state index in [1.165, 1.54) is 11.8 Å². The monoisotopic (exact) mass is 374 g/mol. The minimum Gasteiger partial charge on any atom is -0.497 e. The Kier molecular flexibility index (Phi) is 7.26. The summed E-state index contributed by atoms with van der Waals surface area (Å²) in [4.78, 5) is 12.1. The van der Waals surface area contributed by atoms with Gasteiger partial charge in [0.2, 0.25) is 5.91 Å². The van der Waals surface area contributed by atoms with Gasteiger partial charge in [-0.3, -0.25) is 9.36 Å². The van der Waals surface area contributed by atoms with Gasteiger partial charge in [-0.15, -0.1) is 16.8 Å². The number of carbonyl (C=O) groups is 1. The van der Waals surface area contributed by atoms with Gasteiger partial charge in [0.25, 0.3) is 0 Å². The minimum absolute atomic E-state index is 0.00431. The van der Waals surface area contributed by atoms with E-state index < -0.39 is 0 Å². The number of hydrogen-bond acceptors (Lipinski definition) is 5. The van der Waals surface area contributed by atoms with E-state index in [1.807, 2.05) is 35.8 Å². The third-order valence-corrected chi connectivity index (χ3v) is 5.06. The Balaban J connectivity index is 2.12. The summed E-state index contributed by atoms with van der Waals surface area (Å²) in [5, 5.41) is 12.3. The number of amides is 1. The number of nitrogens with zero attached hydrogens (tertiary/aromatic N) is 3. The molecule has 26 heavy (non-hydrogen) atoms. The van der Waals surface area contributed by atoms with Gasteiger partial charge >= 0.3 is 0 Å². The number of nitrogens with one attached hydrogen (secondary N) is 1. The maximum Gasteiger partial charge on any atom is 0.230 e. The zero-order valence-electron chi connectivity index (χ0n) is 15.7. The number of aromatic nitrogens is 3. The van der Waals surface area contributed by atoms with Crippen LogP contribution in [0.4, 0.5) is 0 Å². The molecule has 0 saturated carbocycles. The van der Waals surface area contributed by atoms with Gasteiger partial charge in [0.05, 0.1) is 12.9 Å². The van der Waals surface area contributed by atoms with Crippen LogP contribution in [0.15, 0.2) is 42.1 Å². The second-order valence-corrected chi connectivity index (χ2v) is 7.27. The normalized spacial score (nSPS) is 12.0. The maximum atomic E-state index is 12.1. The van der Waals surface area contributed by atoms with E-state index >= 15 is 0 Å². The summed E-state index contributed by atoms with van der Waals surface area (Å²) in [7, 11) is 1.63. The fourth-order valence-electron chi connectivity index (χ4n) is 2.24. The van der Waals surface area contributed by atoms with Crippen molar-refractivity contribution in [1.29, 1.82) is 0 Å². The highest BCUT2D eigenvalue weighted by Gasteiger charge is 2.16. The van der Waals surface area contributed by atoms with Crippen LogP contribution in [-0.2, 0) is 11.3 Å². The van der Waals surface area contributed by atoms with Crippen LogP contribution in [0.3, 0.4) is 0 Å². The molecule has 2 rings (SSSR count). The van der Waals surface area contributed by atoms with Crippen LogP contribution in [0.2, 0.25) is 0 Å². The predicted molar refractivity (Wildman–Crippen MR) is 105 cm³/mol. The second-order valence-electron chi connectivity index (χ2n) is 6.32. The fraction of sp³-hybridized carbons (Fsp3) is 0.421.